The average Bonchev–Trinajstić information content (AvgIpc) is 3.10. The van der Waals surface area contributed by atoms with Crippen molar-refractivity contribution in [2.45, 2.75) is 58.2 Å². The van der Waals surface area contributed by atoms with Gasteiger partial charge in [0.25, 0.3) is 5.91 Å². The summed E-state index contributed by atoms with van der Waals surface area (Å²) in [5, 5.41) is 0.605. The predicted molar refractivity (Wildman–Crippen MR) is 113 cm³/mol. The number of amides is 1. The molecule has 1 amide bonds. The van der Waals surface area contributed by atoms with Crippen LogP contribution in [0, 0.1) is 5.92 Å². The lowest BCUT2D eigenvalue weighted by Crippen LogP contribution is -2.39. The Labute approximate surface area is 166 Å². The number of hydrogen-bond acceptors (Lipinski definition) is 4. The maximum atomic E-state index is 12.5. The molecule has 0 aliphatic carbocycles. The molecule has 3 rings (SSSR count). The molecule has 2 aliphatic rings. The Kier molecular flexibility index (Phi) is 6.01. The number of carbonyl (C=O) groups is 1. The summed E-state index contributed by atoms with van der Waals surface area (Å²) >= 11 is 1.46. The normalized spacial score (nSPS) is 26.4. The van der Waals surface area contributed by atoms with E-state index >= 15 is 0 Å². The summed E-state index contributed by atoms with van der Waals surface area (Å²) in [7, 11) is -3.06. The van der Waals surface area contributed by atoms with Crippen molar-refractivity contribution in [2.75, 3.05) is 16.4 Å². The van der Waals surface area contributed by atoms with E-state index in [1.54, 1.807) is 0 Å². The highest BCUT2D eigenvalue weighted by atomic mass is 32.2. The quantitative estimate of drug-likeness (QED) is 0.746. The minimum atomic E-state index is -3.06. The summed E-state index contributed by atoms with van der Waals surface area (Å²) in [5.74, 6) is 0.0316. The first-order chi connectivity index (χ1) is 12.8. The summed E-state index contributed by atoms with van der Waals surface area (Å²) in [6.07, 6.45) is 2.44. The number of amidine groups is 1. The molecule has 148 valence electrons. The maximum Gasteiger partial charge on any atom is 0.250 e. The van der Waals surface area contributed by atoms with E-state index in [2.05, 4.69) is 35.9 Å². The van der Waals surface area contributed by atoms with Gasteiger partial charge in [0.05, 0.1) is 17.5 Å². The lowest BCUT2D eigenvalue weighted by atomic mass is 10.0. The van der Waals surface area contributed by atoms with E-state index in [9.17, 15) is 13.2 Å². The van der Waals surface area contributed by atoms with Crippen LogP contribution in [-0.4, -0.2) is 42.3 Å². The fourth-order valence-electron chi connectivity index (χ4n) is 3.73. The monoisotopic (exact) mass is 408 g/mol. The molecule has 2 aliphatic heterocycles. The highest BCUT2D eigenvalue weighted by Crippen LogP contribution is 2.43. The molecule has 0 saturated carbocycles. The topological polar surface area (TPSA) is 66.8 Å². The van der Waals surface area contributed by atoms with Crippen molar-refractivity contribution in [1.82, 2.24) is 0 Å². The number of aryl methyl sites for hydroxylation is 2. The van der Waals surface area contributed by atoms with Gasteiger partial charge >= 0.3 is 0 Å². The van der Waals surface area contributed by atoms with E-state index in [1.165, 1.54) is 22.9 Å². The Bertz CT molecular complexity index is 842. The molecule has 0 unspecified atom stereocenters. The number of hydrogen-bond donors (Lipinski definition) is 0. The number of anilines is 1. The lowest BCUT2D eigenvalue weighted by Gasteiger charge is -2.29. The minimum Gasteiger partial charge on any atom is -0.315 e. The number of aliphatic imine (C=N–C) groups is 1. The SMILES string of the molecule is CCc1cccc(CC)c1N1C(=NC(=O)[C@@H](C)CC)S[C@@H]2CS(=O)(=O)C[C@H]21. The van der Waals surface area contributed by atoms with Crippen molar-refractivity contribution < 1.29 is 13.2 Å². The smallest absolute Gasteiger partial charge is 0.250 e. The highest BCUT2D eigenvalue weighted by Gasteiger charge is 2.50. The van der Waals surface area contributed by atoms with Crippen molar-refractivity contribution in [2.24, 2.45) is 10.9 Å². The molecule has 0 aromatic heterocycles. The molecule has 5 nitrogen and oxygen atoms in total. The van der Waals surface area contributed by atoms with Gasteiger partial charge in [-0.1, -0.05) is 57.7 Å². The predicted octanol–water partition coefficient (Wildman–Crippen LogP) is 3.46. The molecular weight excluding hydrogens is 380 g/mol. The molecule has 0 radical (unpaired) electrons. The standard InChI is InChI=1S/C20H28N2O3S2/c1-5-13(4)19(23)21-20-22(16-11-27(24,25)12-17(16)26-20)18-14(6-2)9-8-10-15(18)7-3/h8-10,13,16-17H,5-7,11-12H2,1-4H3/t13-,16+,17+/m0/s1. The molecule has 3 atom stereocenters. The number of carbonyl (C=O) groups excluding carboxylic acids is 1. The molecule has 0 bridgehead atoms. The van der Waals surface area contributed by atoms with E-state index in [0.29, 0.717) is 5.17 Å². The van der Waals surface area contributed by atoms with Gasteiger partial charge in [-0.25, -0.2) is 8.42 Å². The van der Waals surface area contributed by atoms with Gasteiger partial charge < -0.3 is 4.90 Å². The van der Waals surface area contributed by atoms with E-state index in [4.69, 9.17) is 0 Å². The molecule has 0 spiro atoms. The zero-order chi connectivity index (χ0) is 19.8. The fraction of sp³-hybridized carbons (Fsp3) is 0.600. The number of thioether (sulfide) groups is 1. The van der Waals surface area contributed by atoms with Gasteiger partial charge in [0.1, 0.15) is 0 Å². The van der Waals surface area contributed by atoms with Crippen LogP contribution in [0.2, 0.25) is 0 Å². The Morgan fingerprint density at radius 2 is 1.85 bits per heavy atom. The van der Waals surface area contributed by atoms with Crippen molar-refractivity contribution >= 4 is 38.4 Å². The second-order valence-corrected chi connectivity index (χ2v) is 10.7. The van der Waals surface area contributed by atoms with Crippen LogP contribution in [0.4, 0.5) is 5.69 Å². The zero-order valence-electron chi connectivity index (χ0n) is 16.4. The number of para-hydroxylation sites is 1. The number of nitrogens with zero attached hydrogens (tertiary/aromatic N) is 2. The summed E-state index contributed by atoms with van der Waals surface area (Å²) in [6.45, 7) is 8.07. The van der Waals surface area contributed by atoms with Crippen LogP contribution >= 0.6 is 11.8 Å². The van der Waals surface area contributed by atoms with Crippen molar-refractivity contribution in [1.29, 1.82) is 0 Å². The molecule has 2 saturated heterocycles. The van der Waals surface area contributed by atoms with Gasteiger partial charge in [-0.2, -0.15) is 4.99 Å². The van der Waals surface area contributed by atoms with Gasteiger partial charge in [-0.15, -0.1) is 0 Å². The van der Waals surface area contributed by atoms with Crippen LogP contribution in [0.1, 0.15) is 45.2 Å². The fourth-order valence-corrected chi connectivity index (χ4v) is 7.63. The second-order valence-electron chi connectivity index (χ2n) is 7.34. The van der Waals surface area contributed by atoms with Gasteiger partial charge in [0.15, 0.2) is 15.0 Å². The molecule has 0 N–H and O–H groups in total. The van der Waals surface area contributed by atoms with Gasteiger partial charge in [0, 0.05) is 16.9 Å². The summed E-state index contributed by atoms with van der Waals surface area (Å²) in [5.41, 5.74) is 3.39. The summed E-state index contributed by atoms with van der Waals surface area (Å²) in [6, 6.07) is 6.07. The third kappa shape index (κ3) is 3.94. The highest BCUT2D eigenvalue weighted by molar-refractivity contribution is 8.16. The van der Waals surface area contributed by atoms with Crippen molar-refractivity contribution in [3.05, 3.63) is 29.3 Å². The van der Waals surface area contributed by atoms with Crippen LogP contribution in [0.5, 0.6) is 0 Å². The number of sulfone groups is 1. The molecule has 2 heterocycles. The molecular formula is C20H28N2O3S2. The van der Waals surface area contributed by atoms with E-state index in [0.717, 1.165) is 24.9 Å². The van der Waals surface area contributed by atoms with Crippen LogP contribution in [-0.2, 0) is 27.5 Å². The minimum absolute atomic E-state index is 0.0619. The van der Waals surface area contributed by atoms with Gasteiger partial charge in [-0.05, 0) is 30.4 Å². The van der Waals surface area contributed by atoms with Crippen LogP contribution in [0.15, 0.2) is 23.2 Å². The first kappa shape index (κ1) is 20.4. The zero-order valence-corrected chi connectivity index (χ0v) is 18.1. The lowest BCUT2D eigenvalue weighted by molar-refractivity contribution is -0.121. The average molecular weight is 409 g/mol. The summed E-state index contributed by atoms with van der Waals surface area (Å²) in [4.78, 5) is 19.0. The third-order valence-electron chi connectivity index (χ3n) is 5.51. The first-order valence-electron chi connectivity index (χ1n) is 9.70. The van der Waals surface area contributed by atoms with E-state index in [-0.39, 0.29) is 34.6 Å². The molecule has 1 aromatic rings. The van der Waals surface area contributed by atoms with Crippen molar-refractivity contribution in [3.8, 4) is 0 Å². The van der Waals surface area contributed by atoms with Crippen LogP contribution in [0.25, 0.3) is 0 Å². The first-order valence-corrected chi connectivity index (χ1v) is 12.4. The Balaban J connectivity index is 2.12. The second kappa shape index (κ2) is 7.95. The largest absolute Gasteiger partial charge is 0.315 e. The maximum absolute atomic E-state index is 12.5. The molecule has 1 aromatic carbocycles. The van der Waals surface area contributed by atoms with Crippen molar-refractivity contribution in [3.63, 3.8) is 0 Å². The Morgan fingerprint density at radius 1 is 1.22 bits per heavy atom. The Morgan fingerprint density at radius 3 is 2.41 bits per heavy atom. The van der Waals surface area contributed by atoms with Crippen LogP contribution < -0.4 is 4.90 Å². The number of rotatable bonds is 5. The third-order valence-corrected chi connectivity index (χ3v) is 8.72. The molecule has 2 fully saturated rings. The number of benzene rings is 1. The van der Waals surface area contributed by atoms with E-state index < -0.39 is 9.84 Å². The Hall–Kier alpha value is -1.34. The van der Waals surface area contributed by atoms with E-state index in [1.807, 2.05) is 19.9 Å². The van der Waals surface area contributed by atoms with Crippen LogP contribution in [0.3, 0.4) is 0 Å². The summed E-state index contributed by atoms with van der Waals surface area (Å²) < 4.78 is 24.5. The van der Waals surface area contributed by atoms with Gasteiger partial charge in [0.2, 0.25) is 0 Å². The molecule has 7 heteroatoms. The van der Waals surface area contributed by atoms with Gasteiger partial charge in [-0.3, -0.25) is 4.79 Å². The molecule has 27 heavy (non-hydrogen) atoms. The number of fused-ring (bicyclic) bond motifs is 1.